The van der Waals surface area contributed by atoms with Crippen molar-refractivity contribution in [2.75, 3.05) is 6.61 Å². The van der Waals surface area contributed by atoms with E-state index in [4.69, 9.17) is 4.74 Å². The molecule has 0 saturated heterocycles. The van der Waals surface area contributed by atoms with Gasteiger partial charge < -0.3 is 4.74 Å². The molecule has 0 amide bonds. The van der Waals surface area contributed by atoms with Gasteiger partial charge >= 0.3 is 5.97 Å². The molecule has 0 aromatic rings. The Morgan fingerprint density at radius 1 is 0.941 bits per heavy atom. The molecule has 0 aliphatic rings. The van der Waals surface area contributed by atoms with E-state index in [1.165, 1.54) is 38.5 Å². The molecule has 0 bridgehead atoms. The van der Waals surface area contributed by atoms with Gasteiger partial charge in [-0.2, -0.15) is 0 Å². The lowest BCUT2D eigenvalue weighted by Gasteiger charge is -2.06. The first-order chi connectivity index (χ1) is 8.22. The number of rotatable bonds is 11. The third-order valence-corrected chi connectivity index (χ3v) is 2.81. The van der Waals surface area contributed by atoms with Gasteiger partial charge in [-0.1, -0.05) is 59.0 Å². The van der Waals surface area contributed by atoms with Crippen molar-refractivity contribution in [3.63, 3.8) is 0 Å². The molecule has 0 spiro atoms. The van der Waals surface area contributed by atoms with Gasteiger partial charge in [0.2, 0.25) is 0 Å². The van der Waals surface area contributed by atoms with Gasteiger partial charge in [0.25, 0.3) is 0 Å². The first kappa shape index (κ1) is 16.2. The molecule has 0 saturated carbocycles. The average molecular weight is 240 g/mol. The number of unbranched alkanes of at least 4 members (excludes halogenated alkanes) is 6. The summed E-state index contributed by atoms with van der Waals surface area (Å²) in [4.78, 5) is 11.4. The van der Waals surface area contributed by atoms with E-state index in [2.05, 4.69) is 13.5 Å². The normalized spacial score (nSPS) is 10.2. The lowest BCUT2D eigenvalue weighted by atomic mass is 10.1. The van der Waals surface area contributed by atoms with Crippen molar-refractivity contribution in [1.29, 1.82) is 0 Å². The zero-order valence-corrected chi connectivity index (χ0v) is 11.6. The summed E-state index contributed by atoms with van der Waals surface area (Å²) in [5.41, 5.74) is 0.631. The van der Waals surface area contributed by atoms with E-state index in [1.807, 2.05) is 6.92 Å². The molecule has 0 rings (SSSR count). The first-order valence-corrected chi connectivity index (χ1v) is 7.07. The summed E-state index contributed by atoms with van der Waals surface area (Å²) in [5, 5.41) is 0. The highest BCUT2D eigenvalue weighted by atomic mass is 16.5. The standard InChI is InChI=1S/C15H28O2/c1-4-6-7-8-9-10-11-12-14(3)15(16)17-13-5-2/h3-13H2,1-2H3. The number of carbonyl (C=O) groups excluding carboxylic acids is 1. The third-order valence-electron chi connectivity index (χ3n) is 2.81. The molecule has 0 fully saturated rings. The highest BCUT2D eigenvalue weighted by Gasteiger charge is 2.06. The maximum Gasteiger partial charge on any atom is 0.333 e. The van der Waals surface area contributed by atoms with Gasteiger partial charge in [-0.05, 0) is 19.3 Å². The van der Waals surface area contributed by atoms with Gasteiger partial charge in [-0.15, -0.1) is 0 Å². The van der Waals surface area contributed by atoms with Crippen LogP contribution in [0, 0.1) is 0 Å². The molecule has 2 heteroatoms. The van der Waals surface area contributed by atoms with Crippen molar-refractivity contribution in [2.24, 2.45) is 0 Å². The van der Waals surface area contributed by atoms with Crippen LogP contribution in [-0.2, 0) is 9.53 Å². The fourth-order valence-corrected chi connectivity index (χ4v) is 1.69. The van der Waals surface area contributed by atoms with Crippen LogP contribution in [-0.4, -0.2) is 12.6 Å². The summed E-state index contributed by atoms with van der Waals surface area (Å²) in [6.45, 7) is 8.51. The Bertz CT molecular complexity index is 209. The second-order valence-corrected chi connectivity index (χ2v) is 4.61. The van der Waals surface area contributed by atoms with E-state index in [0.717, 1.165) is 19.3 Å². The van der Waals surface area contributed by atoms with E-state index in [0.29, 0.717) is 12.2 Å². The number of hydrogen-bond acceptors (Lipinski definition) is 2. The molecule has 0 aliphatic heterocycles. The minimum Gasteiger partial charge on any atom is -0.462 e. The van der Waals surface area contributed by atoms with Gasteiger partial charge in [-0.25, -0.2) is 4.79 Å². The predicted octanol–water partition coefficient (Wildman–Crippen LogP) is 4.64. The minimum absolute atomic E-state index is 0.210. The zero-order valence-electron chi connectivity index (χ0n) is 11.6. The van der Waals surface area contributed by atoms with Crippen molar-refractivity contribution >= 4 is 5.97 Å². The fourth-order valence-electron chi connectivity index (χ4n) is 1.69. The van der Waals surface area contributed by atoms with Crippen LogP contribution in [0.1, 0.15) is 71.6 Å². The molecule has 0 aromatic carbocycles. The van der Waals surface area contributed by atoms with Crippen LogP contribution in [0.25, 0.3) is 0 Å². The number of esters is 1. The highest BCUT2D eigenvalue weighted by molar-refractivity contribution is 5.87. The van der Waals surface area contributed by atoms with Crippen molar-refractivity contribution in [3.05, 3.63) is 12.2 Å². The average Bonchev–Trinajstić information content (AvgIpc) is 2.34. The van der Waals surface area contributed by atoms with Crippen molar-refractivity contribution in [1.82, 2.24) is 0 Å². The molecule has 17 heavy (non-hydrogen) atoms. The van der Waals surface area contributed by atoms with E-state index in [-0.39, 0.29) is 5.97 Å². The summed E-state index contributed by atoms with van der Waals surface area (Å²) in [6.07, 6.45) is 10.5. The molecule has 0 heterocycles. The Hall–Kier alpha value is -0.790. The Morgan fingerprint density at radius 2 is 1.53 bits per heavy atom. The zero-order chi connectivity index (χ0) is 12.9. The van der Waals surface area contributed by atoms with E-state index < -0.39 is 0 Å². The molecule has 0 atom stereocenters. The van der Waals surface area contributed by atoms with E-state index >= 15 is 0 Å². The quantitative estimate of drug-likeness (QED) is 0.299. The molecule has 2 nitrogen and oxygen atoms in total. The van der Waals surface area contributed by atoms with Crippen LogP contribution in [0.2, 0.25) is 0 Å². The minimum atomic E-state index is -0.210. The largest absolute Gasteiger partial charge is 0.462 e. The maximum absolute atomic E-state index is 11.4. The van der Waals surface area contributed by atoms with E-state index in [9.17, 15) is 4.79 Å². The van der Waals surface area contributed by atoms with E-state index in [1.54, 1.807) is 0 Å². The Balaban J connectivity index is 3.35. The highest BCUT2D eigenvalue weighted by Crippen LogP contribution is 2.12. The smallest absolute Gasteiger partial charge is 0.333 e. The molecule has 0 N–H and O–H groups in total. The molecule has 0 aliphatic carbocycles. The molecular weight excluding hydrogens is 212 g/mol. The van der Waals surface area contributed by atoms with Gasteiger partial charge in [0.1, 0.15) is 0 Å². The van der Waals surface area contributed by atoms with Crippen molar-refractivity contribution < 1.29 is 9.53 Å². The molecule has 0 radical (unpaired) electrons. The Labute approximate surface area is 106 Å². The van der Waals surface area contributed by atoms with Crippen LogP contribution in [0.4, 0.5) is 0 Å². The molecule has 0 aromatic heterocycles. The van der Waals surface area contributed by atoms with Crippen LogP contribution < -0.4 is 0 Å². The summed E-state index contributed by atoms with van der Waals surface area (Å²) in [6, 6.07) is 0. The van der Waals surface area contributed by atoms with Crippen LogP contribution in [0.15, 0.2) is 12.2 Å². The molecule has 0 unspecified atom stereocenters. The van der Waals surface area contributed by atoms with Gasteiger partial charge in [-0.3, -0.25) is 0 Å². The fraction of sp³-hybridized carbons (Fsp3) is 0.800. The third kappa shape index (κ3) is 10.1. The summed E-state index contributed by atoms with van der Waals surface area (Å²) < 4.78 is 5.02. The van der Waals surface area contributed by atoms with Gasteiger partial charge in [0, 0.05) is 5.57 Å². The SMILES string of the molecule is C=C(CCCCCCCCC)C(=O)OCCC. The summed E-state index contributed by atoms with van der Waals surface area (Å²) in [7, 11) is 0. The van der Waals surface area contributed by atoms with Crippen LogP contribution >= 0.6 is 0 Å². The lowest BCUT2D eigenvalue weighted by molar-refractivity contribution is -0.139. The lowest BCUT2D eigenvalue weighted by Crippen LogP contribution is -2.07. The monoisotopic (exact) mass is 240 g/mol. The van der Waals surface area contributed by atoms with Crippen LogP contribution in [0.3, 0.4) is 0 Å². The Kier molecular flexibility index (Phi) is 11.1. The molecule has 100 valence electrons. The predicted molar refractivity (Wildman–Crippen MR) is 73.0 cm³/mol. The van der Waals surface area contributed by atoms with Crippen molar-refractivity contribution in [3.8, 4) is 0 Å². The first-order valence-electron chi connectivity index (χ1n) is 7.07. The topological polar surface area (TPSA) is 26.3 Å². The Morgan fingerprint density at radius 3 is 2.12 bits per heavy atom. The number of ether oxygens (including phenoxy) is 1. The molecular formula is C15H28O2. The van der Waals surface area contributed by atoms with Crippen molar-refractivity contribution in [2.45, 2.75) is 71.6 Å². The van der Waals surface area contributed by atoms with Gasteiger partial charge in [0.15, 0.2) is 0 Å². The van der Waals surface area contributed by atoms with Gasteiger partial charge in [0.05, 0.1) is 6.61 Å². The maximum atomic E-state index is 11.4. The van der Waals surface area contributed by atoms with Crippen LogP contribution in [0.5, 0.6) is 0 Å². The number of carbonyl (C=O) groups is 1. The summed E-state index contributed by atoms with van der Waals surface area (Å²) >= 11 is 0. The number of hydrogen-bond donors (Lipinski definition) is 0. The second-order valence-electron chi connectivity index (χ2n) is 4.61. The second kappa shape index (κ2) is 11.7. The summed E-state index contributed by atoms with van der Waals surface area (Å²) in [5.74, 6) is -0.210.